The van der Waals surface area contributed by atoms with Gasteiger partial charge in [-0.05, 0) is 19.8 Å². The summed E-state index contributed by atoms with van der Waals surface area (Å²) in [5.74, 6) is 0.142. The third-order valence-electron chi connectivity index (χ3n) is 2.53. The molecule has 0 aromatic carbocycles. The average Bonchev–Trinajstić information content (AvgIpc) is 2.31. The van der Waals surface area contributed by atoms with Crippen molar-refractivity contribution in [1.82, 2.24) is 10.6 Å². The number of hydrogen-bond donors (Lipinski definition) is 2. The van der Waals surface area contributed by atoms with Crippen LogP contribution in [0, 0.1) is 0 Å². The summed E-state index contributed by atoms with van der Waals surface area (Å²) in [6.07, 6.45) is 5.04. The van der Waals surface area contributed by atoms with Crippen molar-refractivity contribution >= 4 is 11.8 Å². The van der Waals surface area contributed by atoms with Crippen LogP contribution in [0.4, 0.5) is 0 Å². The molecule has 2 amide bonds. The van der Waals surface area contributed by atoms with Gasteiger partial charge < -0.3 is 10.6 Å². The maximum Gasteiger partial charge on any atom is 0.220 e. The van der Waals surface area contributed by atoms with Crippen molar-refractivity contribution in [2.45, 2.75) is 65.3 Å². The van der Waals surface area contributed by atoms with Crippen LogP contribution in [-0.2, 0) is 9.59 Å². The lowest BCUT2D eigenvalue weighted by Crippen LogP contribution is -2.41. The highest BCUT2D eigenvalue weighted by atomic mass is 16.2. The number of nitrogens with one attached hydrogen (secondary N) is 2. The zero-order valence-electron chi connectivity index (χ0n) is 11.3. The number of carbonyl (C=O) groups excluding carboxylic acids is 2. The van der Waals surface area contributed by atoms with E-state index in [1.54, 1.807) is 0 Å². The molecule has 0 aliphatic carbocycles. The van der Waals surface area contributed by atoms with E-state index < -0.39 is 0 Å². The molecule has 0 spiro atoms. The van der Waals surface area contributed by atoms with Crippen LogP contribution in [-0.4, -0.2) is 24.4 Å². The van der Waals surface area contributed by atoms with Crippen molar-refractivity contribution < 1.29 is 9.59 Å². The molecule has 1 atom stereocenters. The highest BCUT2D eigenvalue weighted by Gasteiger charge is 2.08. The van der Waals surface area contributed by atoms with Crippen LogP contribution in [0.25, 0.3) is 0 Å². The largest absolute Gasteiger partial charge is 0.354 e. The zero-order valence-corrected chi connectivity index (χ0v) is 11.3. The Morgan fingerprint density at radius 1 is 1.00 bits per heavy atom. The molecule has 0 fully saturated rings. The Hall–Kier alpha value is -1.06. The Balaban J connectivity index is 3.60. The van der Waals surface area contributed by atoms with Crippen molar-refractivity contribution in [2.75, 3.05) is 6.54 Å². The topological polar surface area (TPSA) is 58.2 Å². The molecule has 0 aromatic rings. The minimum Gasteiger partial charge on any atom is -0.354 e. The number of carbonyl (C=O) groups is 2. The first kappa shape index (κ1) is 15.9. The van der Waals surface area contributed by atoms with Crippen molar-refractivity contribution in [3.8, 4) is 0 Å². The molecular weight excluding hydrogens is 216 g/mol. The number of hydrogen-bond acceptors (Lipinski definition) is 2. The van der Waals surface area contributed by atoms with Crippen LogP contribution < -0.4 is 10.6 Å². The standard InChI is InChI=1S/C13H26N2O2/c1-4-6-8-12(16)14-10-11(3)15-13(17)9-7-5-2/h11H,4-10H2,1-3H3,(H,14,16)(H,15,17). The van der Waals surface area contributed by atoms with E-state index in [-0.39, 0.29) is 17.9 Å². The van der Waals surface area contributed by atoms with Crippen LogP contribution in [0.15, 0.2) is 0 Å². The molecule has 17 heavy (non-hydrogen) atoms. The van der Waals surface area contributed by atoms with Crippen molar-refractivity contribution in [1.29, 1.82) is 0 Å². The molecule has 0 rings (SSSR count). The Morgan fingerprint density at radius 2 is 1.53 bits per heavy atom. The third kappa shape index (κ3) is 9.85. The summed E-state index contributed by atoms with van der Waals surface area (Å²) in [5, 5.41) is 5.70. The molecule has 100 valence electrons. The van der Waals surface area contributed by atoms with Gasteiger partial charge in [-0.2, -0.15) is 0 Å². The highest BCUT2D eigenvalue weighted by Crippen LogP contribution is 1.95. The van der Waals surface area contributed by atoms with Crippen LogP contribution in [0.1, 0.15) is 59.3 Å². The van der Waals surface area contributed by atoms with E-state index in [4.69, 9.17) is 0 Å². The highest BCUT2D eigenvalue weighted by molar-refractivity contribution is 5.77. The first-order chi connectivity index (χ1) is 8.10. The quantitative estimate of drug-likeness (QED) is 0.649. The molecule has 0 radical (unpaired) electrons. The summed E-state index contributed by atoms with van der Waals surface area (Å²) in [4.78, 5) is 22.7. The summed E-state index contributed by atoms with van der Waals surface area (Å²) >= 11 is 0. The van der Waals surface area contributed by atoms with E-state index in [0.29, 0.717) is 19.4 Å². The lowest BCUT2D eigenvalue weighted by molar-refractivity contribution is -0.123. The fourth-order valence-electron chi connectivity index (χ4n) is 1.43. The molecule has 0 aliphatic heterocycles. The van der Waals surface area contributed by atoms with E-state index >= 15 is 0 Å². The molecule has 0 saturated heterocycles. The molecule has 0 aromatic heterocycles. The Kier molecular flexibility index (Phi) is 9.49. The van der Waals surface area contributed by atoms with Gasteiger partial charge in [0.15, 0.2) is 0 Å². The van der Waals surface area contributed by atoms with Gasteiger partial charge in [0.05, 0.1) is 0 Å². The molecule has 4 heteroatoms. The molecule has 0 heterocycles. The fourth-order valence-corrected chi connectivity index (χ4v) is 1.43. The normalized spacial score (nSPS) is 11.9. The van der Waals surface area contributed by atoms with Crippen molar-refractivity contribution in [3.63, 3.8) is 0 Å². The zero-order chi connectivity index (χ0) is 13.1. The number of amides is 2. The van der Waals surface area contributed by atoms with Crippen molar-refractivity contribution in [3.05, 3.63) is 0 Å². The van der Waals surface area contributed by atoms with E-state index in [0.717, 1.165) is 25.7 Å². The maximum atomic E-state index is 11.4. The Bertz CT molecular complexity index is 229. The Labute approximate surface area is 105 Å². The second-order valence-electron chi connectivity index (χ2n) is 4.48. The summed E-state index contributed by atoms with van der Waals surface area (Å²) in [7, 11) is 0. The first-order valence-corrected chi connectivity index (χ1v) is 6.66. The molecule has 0 bridgehead atoms. The molecule has 0 saturated carbocycles. The monoisotopic (exact) mass is 242 g/mol. The van der Waals surface area contributed by atoms with Gasteiger partial charge in [-0.1, -0.05) is 26.7 Å². The summed E-state index contributed by atoms with van der Waals surface area (Å²) < 4.78 is 0. The Morgan fingerprint density at radius 3 is 2.06 bits per heavy atom. The van der Waals surface area contributed by atoms with E-state index in [1.807, 2.05) is 6.92 Å². The number of unbranched alkanes of at least 4 members (excludes halogenated alkanes) is 2. The van der Waals surface area contributed by atoms with Crippen LogP contribution >= 0.6 is 0 Å². The predicted octanol–water partition coefficient (Wildman–Crippen LogP) is 1.99. The second-order valence-corrected chi connectivity index (χ2v) is 4.48. The minimum absolute atomic E-state index is 0.00457. The molecular formula is C13H26N2O2. The van der Waals surface area contributed by atoms with Gasteiger partial charge in [-0.3, -0.25) is 9.59 Å². The van der Waals surface area contributed by atoms with Gasteiger partial charge in [0.1, 0.15) is 0 Å². The lowest BCUT2D eigenvalue weighted by Gasteiger charge is -2.14. The molecule has 4 nitrogen and oxygen atoms in total. The van der Waals surface area contributed by atoms with Gasteiger partial charge in [0, 0.05) is 25.4 Å². The predicted molar refractivity (Wildman–Crippen MR) is 69.7 cm³/mol. The van der Waals surface area contributed by atoms with Gasteiger partial charge in [-0.15, -0.1) is 0 Å². The number of rotatable bonds is 9. The van der Waals surface area contributed by atoms with Crippen molar-refractivity contribution in [2.24, 2.45) is 0 Å². The van der Waals surface area contributed by atoms with E-state index in [2.05, 4.69) is 24.5 Å². The summed E-state index contributed by atoms with van der Waals surface area (Å²) in [6, 6.07) is 0.00457. The van der Waals surface area contributed by atoms with Gasteiger partial charge in [0.25, 0.3) is 0 Å². The average molecular weight is 242 g/mol. The fraction of sp³-hybridized carbons (Fsp3) is 0.846. The van der Waals surface area contributed by atoms with Gasteiger partial charge >= 0.3 is 0 Å². The smallest absolute Gasteiger partial charge is 0.220 e. The van der Waals surface area contributed by atoms with Gasteiger partial charge in [-0.25, -0.2) is 0 Å². The second kappa shape index (κ2) is 10.1. The first-order valence-electron chi connectivity index (χ1n) is 6.66. The van der Waals surface area contributed by atoms with Crippen LogP contribution in [0.2, 0.25) is 0 Å². The van der Waals surface area contributed by atoms with Crippen LogP contribution in [0.3, 0.4) is 0 Å². The SMILES string of the molecule is CCCCC(=O)NCC(C)NC(=O)CCCC. The van der Waals surface area contributed by atoms with E-state index in [1.165, 1.54) is 0 Å². The summed E-state index contributed by atoms with van der Waals surface area (Å²) in [6.45, 7) is 6.54. The van der Waals surface area contributed by atoms with Gasteiger partial charge in [0.2, 0.25) is 11.8 Å². The minimum atomic E-state index is 0.00457. The van der Waals surface area contributed by atoms with E-state index in [9.17, 15) is 9.59 Å². The van der Waals surface area contributed by atoms with Crippen LogP contribution in [0.5, 0.6) is 0 Å². The summed E-state index contributed by atoms with van der Waals surface area (Å²) in [5.41, 5.74) is 0. The molecule has 1 unspecified atom stereocenters. The maximum absolute atomic E-state index is 11.4. The third-order valence-corrected chi connectivity index (χ3v) is 2.53. The molecule has 2 N–H and O–H groups in total. The molecule has 0 aliphatic rings. The lowest BCUT2D eigenvalue weighted by atomic mass is 10.2.